The van der Waals surface area contributed by atoms with E-state index in [-0.39, 0.29) is 0 Å². The molecule has 2 nitrogen and oxygen atoms in total. The first-order valence-electron chi connectivity index (χ1n) is 4.31. The van der Waals surface area contributed by atoms with E-state index in [1.54, 1.807) is 0 Å². The maximum atomic E-state index is 4.00. The lowest BCUT2D eigenvalue weighted by molar-refractivity contribution is 0.321. The van der Waals surface area contributed by atoms with Gasteiger partial charge in [0.2, 0.25) is 0 Å². The molecule has 1 heterocycles. The van der Waals surface area contributed by atoms with Crippen LogP contribution in [0.2, 0.25) is 0 Å². The summed E-state index contributed by atoms with van der Waals surface area (Å²) in [6.45, 7) is 5.80. The Morgan fingerprint density at radius 2 is 2.36 bits per heavy atom. The fraction of sp³-hybridized carbons (Fsp3) is 0.889. The van der Waals surface area contributed by atoms with Gasteiger partial charge in [-0.25, -0.2) is 0 Å². The molecule has 0 bridgehead atoms. The first-order chi connectivity index (χ1) is 5.17. The number of nitrogens with zero attached hydrogens (tertiary/aromatic N) is 1. The molecular weight excluding hydrogens is 136 g/mol. The summed E-state index contributed by atoms with van der Waals surface area (Å²) in [6, 6.07) is 0.631. The van der Waals surface area contributed by atoms with Crippen LogP contribution in [0.1, 0.15) is 26.7 Å². The summed E-state index contributed by atoms with van der Waals surface area (Å²) in [6.07, 6.45) is 4.36. The summed E-state index contributed by atoms with van der Waals surface area (Å²) < 4.78 is 0. The molecule has 64 valence electrons. The molecule has 1 atom stereocenters. The summed E-state index contributed by atoms with van der Waals surface area (Å²) in [5.41, 5.74) is 0.460. The highest BCUT2D eigenvalue weighted by Crippen LogP contribution is 2.30. The zero-order valence-electron chi connectivity index (χ0n) is 7.72. The largest absolute Gasteiger partial charge is 0.313 e. The Bertz CT molecular complexity index is 150. The number of aliphatic imine (C=N–C) groups is 1. The minimum Gasteiger partial charge on any atom is -0.313 e. The molecule has 0 aromatic rings. The lowest BCUT2D eigenvalue weighted by Gasteiger charge is -2.24. The van der Waals surface area contributed by atoms with Crippen LogP contribution in [0.3, 0.4) is 0 Å². The molecule has 1 aliphatic rings. The minimum absolute atomic E-state index is 0.460. The van der Waals surface area contributed by atoms with E-state index >= 15 is 0 Å². The van der Waals surface area contributed by atoms with Crippen molar-refractivity contribution in [3.8, 4) is 0 Å². The molecular formula is C9H18N2. The number of rotatable bonds is 2. The second kappa shape index (κ2) is 3.35. The predicted molar refractivity (Wildman–Crippen MR) is 49.2 cm³/mol. The van der Waals surface area contributed by atoms with E-state index in [0.717, 1.165) is 13.0 Å². The zero-order chi connectivity index (χ0) is 8.32. The van der Waals surface area contributed by atoms with Crippen LogP contribution < -0.4 is 5.32 Å². The molecule has 0 amide bonds. The highest BCUT2D eigenvalue weighted by Gasteiger charge is 2.32. The van der Waals surface area contributed by atoms with Gasteiger partial charge in [0.05, 0.1) is 0 Å². The Balaban J connectivity index is 2.44. The monoisotopic (exact) mass is 154 g/mol. The standard InChI is InChI=1S/C9H18N2/c1-9(2)5-7-11-8(9)4-6-10-3/h6,8,11H,4-5,7H2,1-3H3/b10-6-. The second-order valence-electron chi connectivity index (χ2n) is 3.92. The predicted octanol–water partition coefficient (Wildman–Crippen LogP) is 1.47. The summed E-state index contributed by atoms with van der Waals surface area (Å²) >= 11 is 0. The Labute approximate surface area is 69.1 Å². The zero-order valence-corrected chi connectivity index (χ0v) is 7.72. The van der Waals surface area contributed by atoms with Crippen molar-refractivity contribution in [1.29, 1.82) is 0 Å². The molecule has 1 fully saturated rings. The SMILES string of the molecule is C/N=C\CC1NCCC1(C)C. The topological polar surface area (TPSA) is 24.4 Å². The molecule has 1 saturated heterocycles. The maximum absolute atomic E-state index is 4.00. The van der Waals surface area contributed by atoms with E-state index in [2.05, 4.69) is 24.2 Å². The first kappa shape index (κ1) is 8.72. The third kappa shape index (κ3) is 2.03. The number of nitrogens with one attached hydrogen (secondary N) is 1. The van der Waals surface area contributed by atoms with Gasteiger partial charge in [0.15, 0.2) is 0 Å². The van der Waals surface area contributed by atoms with Gasteiger partial charge in [-0.05, 0) is 31.0 Å². The van der Waals surface area contributed by atoms with Crippen molar-refractivity contribution in [1.82, 2.24) is 5.32 Å². The van der Waals surface area contributed by atoms with Crippen molar-refractivity contribution in [2.24, 2.45) is 10.4 Å². The summed E-state index contributed by atoms with van der Waals surface area (Å²) in [5.74, 6) is 0. The molecule has 0 aliphatic carbocycles. The van der Waals surface area contributed by atoms with Gasteiger partial charge in [0.1, 0.15) is 0 Å². The van der Waals surface area contributed by atoms with Crippen molar-refractivity contribution in [2.75, 3.05) is 13.6 Å². The van der Waals surface area contributed by atoms with Gasteiger partial charge in [-0.3, -0.25) is 0 Å². The van der Waals surface area contributed by atoms with Gasteiger partial charge in [-0.1, -0.05) is 13.8 Å². The summed E-state index contributed by atoms with van der Waals surface area (Å²) in [4.78, 5) is 4.00. The van der Waals surface area contributed by atoms with Crippen molar-refractivity contribution in [2.45, 2.75) is 32.7 Å². The van der Waals surface area contributed by atoms with Crippen LogP contribution >= 0.6 is 0 Å². The van der Waals surface area contributed by atoms with Crippen LogP contribution in [0.15, 0.2) is 4.99 Å². The average Bonchev–Trinajstić information content (AvgIpc) is 2.25. The van der Waals surface area contributed by atoms with Gasteiger partial charge < -0.3 is 10.3 Å². The van der Waals surface area contributed by atoms with E-state index in [1.165, 1.54) is 6.42 Å². The van der Waals surface area contributed by atoms with Crippen LogP contribution in [-0.4, -0.2) is 25.8 Å². The molecule has 0 aromatic carbocycles. The molecule has 2 heteroatoms. The third-order valence-electron chi connectivity index (χ3n) is 2.63. The number of hydrogen-bond acceptors (Lipinski definition) is 2. The molecule has 1 N–H and O–H groups in total. The van der Waals surface area contributed by atoms with E-state index in [1.807, 2.05) is 13.3 Å². The van der Waals surface area contributed by atoms with E-state index in [0.29, 0.717) is 11.5 Å². The van der Waals surface area contributed by atoms with Crippen molar-refractivity contribution >= 4 is 6.21 Å². The molecule has 1 aliphatic heterocycles. The lowest BCUT2D eigenvalue weighted by Crippen LogP contribution is -2.32. The van der Waals surface area contributed by atoms with Crippen LogP contribution in [0.4, 0.5) is 0 Å². The smallest absolute Gasteiger partial charge is 0.0273 e. The van der Waals surface area contributed by atoms with Crippen LogP contribution in [0.5, 0.6) is 0 Å². The van der Waals surface area contributed by atoms with E-state index in [4.69, 9.17) is 0 Å². The van der Waals surface area contributed by atoms with E-state index in [9.17, 15) is 0 Å². The fourth-order valence-corrected chi connectivity index (χ4v) is 1.63. The van der Waals surface area contributed by atoms with E-state index < -0.39 is 0 Å². The van der Waals surface area contributed by atoms with Crippen LogP contribution in [0, 0.1) is 5.41 Å². The average molecular weight is 154 g/mol. The maximum Gasteiger partial charge on any atom is 0.0273 e. The quantitative estimate of drug-likeness (QED) is 0.598. The molecule has 11 heavy (non-hydrogen) atoms. The Kier molecular flexibility index (Phi) is 2.66. The van der Waals surface area contributed by atoms with Gasteiger partial charge in [0.25, 0.3) is 0 Å². The van der Waals surface area contributed by atoms with Crippen LogP contribution in [0.25, 0.3) is 0 Å². The summed E-state index contributed by atoms with van der Waals surface area (Å²) in [5, 5.41) is 3.49. The Morgan fingerprint density at radius 3 is 2.82 bits per heavy atom. The molecule has 0 spiro atoms. The van der Waals surface area contributed by atoms with Gasteiger partial charge in [-0.15, -0.1) is 0 Å². The van der Waals surface area contributed by atoms with Crippen LogP contribution in [-0.2, 0) is 0 Å². The van der Waals surface area contributed by atoms with Gasteiger partial charge >= 0.3 is 0 Å². The highest BCUT2D eigenvalue weighted by atomic mass is 15.0. The molecule has 0 saturated carbocycles. The Hall–Kier alpha value is -0.370. The van der Waals surface area contributed by atoms with Crippen molar-refractivity contribution in [3.05, 3.63) is 0 Å². The molecule has 1 rings (SSSR count). The van der Waals surface area contributed by atoms with Crippen molar-refractivity contribution in [3.63, 3.8) is 0 Å². The van der Waals surface area contributed by atoms with Gasteiger partial charge in [0, 0.05) is 13.1 Å². The minimum atomic E-state index is 0.460. The lowest BCUT2D eigenvalue weighted by atomic mass is 9.84. The highest BCUT2D eigenvalue weighted by molar-refractivity contribution is 5.58. The Morgan fingerprint density at radius 1 is 1.64 bits per heavy atom. The third-order valence-corrected chi connectivity index (χ3v) is 2.63. The van der Waals surface area contributed by atoms with Gasteiger partial charge in [-0.2, -0.15) is 0 Å². The second-order valence-corrected chi connectivity index (χ2v) is 3.92. The van der Waals surface area contributed by atoms with Crippen molar-refractivity contribution < 1.29 is 0 Å². The molecule has 1 unspecified atom stereocenters. The number of hydrogen-bond donors (Lipinski definition) is 1. The molecule has 0 radical (unpaired) electrons. The first-order valence-corrected chi connectivity index (χ1v) is 4.31. The fourth-order valence-electron chi connectivity index (χ4n) is 1.63. The molecule has 0 aromatic heterocycles. The normalized spacial score (nSPS) is 29.9. The summed E-state index contributed by atoms with van der Waals surface area (Å²) in [7, 11) is 1.84.